The molecule has 3 rings (SSSR count). The Kier molecular flexibility index (Phi) is 3.60. The van der Waals surface area contributed by atoms with Crippen molar-refractivity contribution in [3.63, 3.8) is 0 Å². The first-order valence-corrected chi connectivity index (χ1v) is 7.91. The molecule has 1 aliphatic rings. The Hall–Kier alpha value is -2.02. The number of anilines is 1. The van der Waals surface area contributed by atoms with E-state index in [2.05, 4.69) is 19.4 Å². The molecule has 2 N–H and O–H groups in total. The lowest BCUT2D eigenvalue weighted by atomic mass is 9.74. The van der Waals surface area contributed by atoms with Crippen LogP contribution in [0.5, 0.6) is 0 Å². The zero-order valence-corrected chi connectivity index (χ0v) is 13.5. The van der Waals surface area contributed by atoms with Gasteiger partial charge in [0.2, 0.25) is 11.8 Å². The van der Waals surface area contributed by atoms with E-state index in [0.29, 0.717) is 17.7 Å². The van der Waals surface area contributed by atoms with Crippen LogP contribution in [0.3, 0.4) is 0 Å². The van der Waals surface area contributed by atoms with Crippen LogP contribution in [0.1, 0.15) is 20.8 Å². The summed E-state index contributed by atoms with van der Waals surface area (Å²) >= 11 is 1.10. The van der Waals surface area contributed by atoms with Crippen LogP contribution < -0.4 is 10.6 Å². The highest BCUT2D eigenvalue weighted by atomic mass is 32.1. The average Bonchev–Trinajstić information content (AvgIpc) is 3.04. The number of nitrogens with zero attached hydrogens (tertiary/aromatic N) is 2. The second-order valence-electron chi connectivity index (χ2n) is 6.62. The minimum absolute atomic E-state index is 0.0345. The fourth-order valence-corrected chi connectivity index (χ4v) is 3.40. The first-order chi connectivity index (χ1) is 10.4. The molecule has 1 aliphatic heterocycles. The van der Waals surface area contributed by atoms with Gasteiger partial charge >= 0.3 is 0 Å². The Balaban J connectivity index is 1.87. The van der Waals surface area contributed by atoms with Gasteiger partial charge in [-0.25, -0.2) is 0 Å². The van der Waals surface area contributed by atoms with E-state index >= 15 is 0 Å². The van der Waals surface area contributed by atoms with Crippen LogP contribution in [0.15, 0.2) is 18.2 Å². The van der Waals surface area contributed by atoms with E-state index in [1.165, 1.54) is 0 Å². The van der Waals surface area contributed by atoms with Crippen LogP contribution in [-0.4, -0.2) is 27.1 Å². The summed E-state index contributed by atoms with van der Waals surface area (Å²) < 4.78 is 8.35. The molecule has 1 aromatic heterocycles. The molecule has 0 aliphatic carbocycles. The quantitative estimate of drug-likeness (QED) is 0.830. The Bertz CT molecular complexity index is 734. The third-order valence-corrected chi connectivity index (χ3v) is 4.66. The molecule has 0 saturated carbocycles. The fourth-order valence-electron chi connectivity index (χ4n) is 2.85. The monoisotopic (exact) mass is 318 g/mol. The Morgan fingerprint density at radius 3 is 2.86 bits per heavy atom. The highest BCUT2D eigenvalue weighted by molar-refractivity contribution is 7.00. The summed E-state index contributed by atoms with van der Waals surface area (Å²) in [6.45, 7) is 6.67. The minimum atomic E-state index is -0.679. The summed E-state index contributed by atoms with van der Waals surface area (Å²) in [5, 5.41) is 5.65. The Morgan fingerprint density at radius 2 is 2.14 bits per heavy atom. The number of aromatic nitrogens is 2. The van der Waals surface area contributed by atoms with Crippen molar-refractivity contribution >= 4 is 40.3 Å². The van der Waals surface area contributed by atoms with Gasteiger partial charge in [0.15, 0.2) is 0 Å². The maximum Gasteiger partial charge on any atom is 0.237 e. The van der Waals surface area contributed by atoms with Gasteiger partial charge in [0.25, 0.3) is 0 Å². The van der Waals surface area contributed by atoms with Crippen molar-refractivity contribution in [2.45, 2.75) is 20.8 Å². The van der Waals surface area contributed by atoms with Crippen LogP contribution in [-0.2, 0) is 9.59 Å². The van der Waals surface area contributed by atoms with E-state index < -0.39 is 5.92 Å². The van der Waals surface area contributed by atoms with Crippen LogP contribution in [0.25, 0.3) is 11.0 Å². The molecule has 1 fully saturated rings. The van der Waals surface area contributed by atoms with Gasteiger partial charge in [-0.1, -0.05) is 26.8 Å². The number of hydrogen-bond acceptors (Lipinski definition) is 5. The molecule has 2 amide bonds. The minimum Gasteiger partial charge on any atom is -0.355 e. The lowest BCUT2D eigenvalue weighted by molar-refractivity contribution is -0.132. The van der Waals surface area contributed by atoms with E-state index in [0.717, 1.165) is 17.2 Å². The maximum absolute atomic E-state index is 12.6. The maximum atomic E-state index is 12.6. The number of fused-ring (bicyclic) bond motifs is 1. The summed E-state index contributed by atoms with van der Waals surface area (Å²) in [6.07, 6.45) is 0. The SMILES string of the molecule is CC(C)(C)[C@@H]1CNC(=O)[C@@H]1C(=O)Nc1cccc2nsnc12. The summed E-state index contributed by atoms with van der Waals surface area (Å²) in [5.74, 6) is -1.20. The molecule has 6 nitrogen and oxygen atoms in total. The molecule has 22 heavy (non-hydrogen) atoms. The summed E-state index contributed by atoms with van der Waals surface area (Å²) in [5.41, 5.74) is 1.87. The van der Waals surface area contributed by atoms with Gasteiger partial charge in [0.1, 0.15) is 17.0 Å². The van der Waals surface area contributed by atoms with E-state index in [4.69, 9.17) is 0 Å². The fraction of sp³-hybridized carbons (Fsp3) is 0.467. The standard InChI is InChI=1S/C15H18N4O2S/c1-15(2,3)8-7-16-13(20)11(8)14(21)17-9-5-4-6-10-12(9)19-22-18-10/h4-6,8,11H,7H2,1-3H3,(H,16,20)(H,17,21)/t8-,11-/m1/s1. The lowest BCUT2D eigenvalue weighted by Crippen LogP contribution is -2.37. The zero-order valence-electron chi connectivity index (χ0n) is 12.7. The van der Waals surface area contributed by atoms with Gasteiger partial charge in [0, 0.05) is 12.5 Å². The van der Waals surface area contributed by atoms with Gasteiger partial charge in [-0.15, -0.1) is 0 Å². The number of benzene rings is 1. The summed E-state index contributed by atoms with van der Waals surface area (Å²) in [4.78, 5) is 24.7. The van der Waals surface area contributed by atoms with E-state index in [1.807, 2.05) is 32.9 Å². The smallest absolute Gasteiger partial charge is 0.237 e. The van der Waals surface area contributed by atoms with Crippen LogP contribution in [0.2, 0.25) is 0 Å². The van der Waals surface area contributed by atoms with E-state index in [1.54, 1.807) is 6.07 Å². The van der Waals surface area contributed by atoms with Crippen LogP contribution >= 0.6 is 11.7 Å². The molecular weight excluding hydrogens is 300 g/mol. The molecule has 1 saturated heterocycles. The van der Waals surface area contributed by atoms with E-state index in [9.17, 15) is 9.59 Å². The van der Waals surface area contributed by atoms with Crippen LogP contribution in [0, 0.1) is 17.3 Å². The number of carbonyl (C=O) groups excluding carboxylic acids is 2. The number of hydrogen-bond donors (Lipinski definition) is 2. The molecule has 0 bridgehead atoms. The van der Waals surface area contributed by atoms with Crippen molar-refractivity contribution in [3.8, 4) is 0 Å². The van der Waals surface area contributed by atoms with Crippen molar-refractivity contribution in [2.75, 3.05) is 11.9 Å². The topological polar surface area (TPSA) is 84.0 Å². The van der Waals surface area contributed by atoms with E-state index in [-0.39, 0.29) is 23.1 Å². The molecule has 0 radical (unpaired) electrons. The third kappa shape index (κ3) is 2.56. The molecule has 2 heterocycles. The molecule has 7 heteroatoms. The van der Waals surface area contributed by atoms with Crippen molar-refractivity contribution < 1.29 is 9.59 Å². The molecule has 2 aromatic rings. The first-order valence-electron chi connectivity index (χ1n) is 7.18. The Labute approximate surface area is 132 Å². The van der Waals surface area contributed by atoms with Gasteiger partial charge in [-0.3, -0.25) is 9.59 Å². The highest BCUT2D eigenvalue weighted by Crippen LogP contribution is 2.36. The van der Waals surface area contributed by atoms with Crippen molar-refractivity contribution in [3.05, 3.63) is 18.2 Å². The Morgan fingerprint density at radius 1 is 1.36 bits per heavy atom. The molecule has 2 atom stereocenters. The third-order valence-electron chi connectivity index (χ3n) is 4.12. The van der Waals surface area contributed by atoms with Crippen LogP contribution in [0.4, 0.5) is 5.69 Å². The van der Waals surface area contributed by atoms with Crippen molar-refractivity contribution in [2.24, 2.45) is 17.3 Å². The van der Waals surface area contributed by atoms with Crippen molar-refractivity contribution in [1.29, 1.82) is 0 Å². The molecule has 116 valence electrons. The first kappa shape index (κ1) is 14.9. The normalized spacial score (nSPS) is 21.9. The van der Waals surface area contributed by atoms with Gasteiger partial charge < -0.3 is 10.6 Å². The number of nitrogens with one attached hydrogen (secondary N) is 2. The summed E-state index contributed by atoms with van der Waals surface area (Å²) in [6, 6.07) is 5.44. The second-order valence-corrected chi connectivity index (χ2v) is 7.15. The highest BCUT2D eigenvalue weighted by Gasteiger charge is 2.45. The number of amides is 2. The molecule has 0 unspecified atom stereocenters. The average molecular weight is 318 g/mol. The van der Waals surface area contributed by atoms with Crippen molar-refractivity contribution in [1.82, 2.24) is 14.1 Å². The predicted octanol–water partition coefficient (Wildman–Crippen LogP) is 2.04. The van der Waals surface area contributed by atoms with Gasteiger partial charge in [0.05, 0.1) is 17.4 Å². The lowest BCUT2D eigenvalue weighted by Gasteiger charge is -2.29. The summed E-state index contributed by atoms with van der Waals surface area (Å²) in [7, 11) is 0. The van der Waals surface area contributed by atoms with Gasteiger partial charge in [-0.05, 0) is 17.5 Å². The van der Waals surface area contributed by atoms with Gasteiger partial charge in [-0.2, -0.15) is 8.75 Å². The number of carbonyl (C=O) groups is 2. The predicted molar refractivity (Wildman–Crippen MR) is 85.5 cm³/mol. The largest absolute Gasteiger partial charge is 0.355 e. The number of rotatable bonds is 2. The zero-order chi connectivity index (χ0) is 15.9. The molecule has 1 aromatic carbocycles. The molecule has 0 spiro atoms. The molecular formula is C15H18N4O2S. The second kappa shape index (κ2) is 5.31.